The van der Waals surface area contributed by atoms with Gasteiger partial charge in [-0.3, -0.25) is 4.68 Å². The van der Waals surface area contributed by atoms with E-state index < -0.39 is 10.0 Å². The lowest BCUT2D eigenvalue weighted by molar-refractivity contribution is 0.464. The minimum atomic E-state index is -3.52. The van der Waals surface area contributed by atoms with Crippen LogP contribution in [0, 0.1) is 13.8 Å². The van der Waals surface area contributed by atoms with E-state index in [0.717, 1.165) is 29.9 Å². The fourth-order valence-electron chi connectivity index (χ4n) is 2.96. The van der Waals surface area contributed by atoms with Crippen LogP contribution in [0.4, 0.5) is 0 Å². The highest BCUT2D eigenvalue weighted by molar-refractivity contribution is 7.89. The largest absolute Gasteiger partial charge is 0.270 e. The molecule has 0 saturated heterocycles. The third-order valence-electron chi connectivity index (χ3n) is 4.98. The Morgan fingerprint density at radius 2 is 1.76 bits per heavy atom. The second-order valence-corrected chi connectivity index (χ2v) is 8.65. The Kier molecular flexibility index (Phi) is 6.06. The lowest BCUT2D eigenvalue weighted by Crippen LogP contribution is -2.27. The molecule has 0 radical (unpaired) electrons. The summed E-state index contributed by atoms with van der Waals surface area (Å²) in [6.45, 7) is 11.3. The van der Waals surface area contributed by atoms with Crippen molar-refractivity contribution in [3.8, 4) is 0 Å². The van der Waals surface area contributed by atoms with Gasteiger partial charge in [0.1, 0.15) is 0 Å². The highest BCUT2D eigenvalue weighted by atomic mass is 32.2. The molecule has 25 heavy (non-hydrogen) atoms. The number of rotatable bonds is 7. The van der Waals surface area contributed by atoms with Crippen molar-refractivity contribution in [1.82, 2.24) is 14.1 Å². The van der Waals surface area contributed by atoms with Crippen LogP contribution >= 0.6 is 0 Å². The van der Waals surface area contributed by atoms with Crippen molar-refractivity contribution in [3.63, 3.8) is 0 Å². The zero-order valence-corrected chi connectivity index (χ0v) is 16.9. The Hall–Kier alpha value is -1.66. The summed E-state index contributed by atoms with van der Waals surface area (Å²) in [5.41, 5.74) is 4.05. The molecule has 0 unspecified atom stereocenters. The number of nitrogens with zero attached hydrogens (tertiary/aromatic N) is 3. The molecule has 0 amide bonds. The van der Waals surface area contributed by atoms with Gasteiger partial charge in [-0.2, -0.15) is 9.40 Å². The second kappa shape index (κ2) is 7.70. The van der Waals surface area contributed by atoms with Crippen LogP contribution in [0.1, 0.15) is 55.6 Å². The summed E-state index contributed by atoms with van der Waals surface area (Å²) in [5, 5.41) is 4.47. The van der Waals surface area contributed by atoms with Crippen molar-refractivity contribution in [1.29, 1.82) is 0 Å². The molecule has 2 rings (SSSR count). The number of hydrogen-bond donors (Lipinski definition) is 0. The van der Waals surface area contributed by atoms with E-state index in [9.17, 15) is 8.42 Å². The number of benzene rings is 1. The smallest absolute Gasteiger partial charge is 0.243 e. The third kappa shape index (κ3) is 3.96. The molecule has 1 aromatic carbocycles. The standard InChI is InChI=1S/C19H29N3O2S/c1-7-14(3)17-9-11-18(12-10-17)25(23,24)21(6)13-19-15(4)20-22(8-2)16(19)5/h9-12,14H,7-8,13H2,1-6H3/t14-/m1/s1. The fraction of sp³-hybridized carbons (Fsp3) is 0.526. The van der Waals surface area contributed by atoms with Crippen LogP contribution < -0.4 is 0 Å². The van der Waals surface area contributed by atoms with Crippen LogP contribution in [0.5, 0.6) is 0 Å². The van der Waals surface area contributed by atoms with Crippen molar-refractivity contribution in [2.24, 2.45) is 0 Å². The highest BCUT2D eigenvalue weighted by Gasteiger charge is 2.23. The zero-order valence-electron chi connectivity index (χ0n) is 16.1. The molecule has 0 N–H and O–H groups in total. The maximum Gasteiger partial charge on any atom is 0.243 e. The first-order valence-corrected chi connectivity index (χ1v) is 10.3. The van der Waals surface area contributed by atoms with Crippen LogP contribution in [0.15, 0.2) is 29.2 Å². The Labute approximate surface area is 151 Å². The first kappa shape index (κ1) is 19.7. The van der Waals surface area contributed by atoms with Crippen LogP contribution in [0.25, 0.3) is 0 Å². The molecule has 138 valence electrons. The average molecular weight is 364 g/mol. The number of hydrogen-bond acceptors (Lipinski definition) is 3. The lowest BCUT2D eigenvalue weighted by atomic mass is 9.99. The van der Waals surface area contributed by atoms with E-state index in [0.29, 0.717) is 17.4 Å². The Balaban J connectivity index is 2.26. The van der Waals surface area contributed by atoms with E-state index in [2.05, 4.69) is 18.9 Å². The van der Waals surface area contributed by atoms with Gasteiger partial charge in [0.25, 0.3) is 0 Å². The fourth-order valence-corrected chi connectivity index (χ4v) is 4.10. The molecule has 0 saturated carbocycles. The maximum atomic E-state index is 12.9. The predicted octanol–water partition coefficient (Wildman–Crippen LogP) is 3.85. The van der Waals surface area contributed by atoms with E-state index in [1.165, 1.54) is 9.87 Å². The van der Waals surface area contributed by atoms with E-state index in [1.54, 1.807) is 19.2 Å². The van der Waals surface area contributed by atoms with Crippen molar-refractivity contribution < 1.29 is 8.42 Å². The topological polar surface area (TPSA) is 55.2 Å². The lowest BCUT2D eigenvalue weighted by Gasteiger charge is -2.18. The number of sulfonamides is 1. The summed E-state index contributed by atoms with van der Waals surface area (Å²) in [5.74, 6) is 0.430. The SMILES string of the molecule is CC[C@@H](C)c1ccc(S(=O)(=O)N(C)Cc2c(C)nn(CC)c2C)cc1. The molecule has 1 atom stereocenters. The Morgan fingerprint density at radius 3 is 2.24 bits per heavy atom. The second-order valence-electron chi connectivity index (χ2n) is 6.60. The molecule has 0 fully saturated rings. The van der Waals surface area contributed by atoms with Gasteiger partial charge < -0.3 is 0 Å². The molecule has 0 bridgehead atoms. The minimum absolute atomic E-state index is 0.327. The molecular weight excluding hydrogens is 334 g/mol. The molecule has 0 spiro atoms. The summed E-state index contributed by atoms with van der Waals surface area (Å²) in [6.07, 6.45) is 1.03. The molecule has 0 aliphatic carbocycles. The van der Waals surface area contributed by atoms with E-state index in [4.69, 9.17) is 0 Å². The van der Waals surface area contributed by atoms with Crippen LogP contribution in [-0.2, 0) is 23.1 Å². The summed E-state index contributed by atoms with van der Waals surface area (Å²) < 4.78 is 29.1. The first-order chi connectivity index (χ1) is 11.7. The van der Waals surface area contributed by atoms with E-state index in [1.807, 2.05) is 37.6 Å². The highest BCUT2D eigenvalue weighted by Crippen LogP contribution is 2.24. The minimum Gasteiger partial charge on any atom is -0.270 e. The average Bonchev–Trinajstić information content (AvgIpc) is 2.88. The Morgan fingerprint density at radius 1 is 1.16 bits per heavy atom. The monoisotopic (exact) mass is 363 g/mol. The van der Waals surface area contributed by atoms with Gasteiger partial charge in [0.05, 0.1) is 10.6 Å². The zero-order chi connectivity index (χ0) is 18.8. The quantitative estimate of drug-likeness (QED) is 0.751. The summed E-state index contributed by atoms with van der Waals surface area (Å²) in [6, 6.07) is 7.26. The van der Waals surface area contributed by atoms with Crippen molar-refractivity contribution in [2.75, 3.05) is 7.05 Å². The first-order valence-electron chi connectivity index (χ1n) is 8.81. The van der Waals surface area contributed by atoms with Crippen molar-refractivity contribution in [3.05, 3.63) is 46.8 Å². The van der Waals surface area contributed by atoms with Gasteiger partial charge in [-0.05, 0) is 50.8 Å². The van der Waals surface area contributed by atoms with E-state index in [-0.39, 0.29) is 0 Å². The summed E-state index contributed by atoms with van der Waals surface area (Å²) in [7, 11) is -1.90. The molecule has 0 aliphatic rings. The van der Waals surface area contributed by atoms with Crippen LogP contribution in [0.2, 0.25) is 0 Å². The molecule has 1 aromatic heterocycles. The van der Waals surface area contributed by atoms with Gasteiger partial charge >= 0.3 is 0 Å². The van der Waals surface area contributed by atoms with Gasteiger partial charge in [-0.1, -0.05) is 26.0 Å². The maximum absolute atomic E-state index is 12.9. The number of aromatic nitrogens is 2. The molecule has 1 heterocycles. The van der Waals surface area contributed by atoms with E-state index >= 15 is 0 Å². The summed E-state index contributed by atoms with van der Waals surface area (Å²) >= 11 is 0. The molecule has 0 aliphatic heterocycles. The normalized spacial score (nSPS) is 13.4. The summed E-state index contributed by atoms with van der Waals surface area (Å²) in [4.78, 5) is 0.334. The van der Waals surface area contributed by atoms with Gasteiger partial charge in [0, 0.05) is 31.4 Å². The molecule has 5 nitrogen and oxygen atoms in total. The third-order valence-corrected chi connectivity index (χ3v) is 6.80. The van der Waals surface area contributed by atoms with Gasteiger partial charge in [0.2, 0.25) is 10.0 Å². The van der Waals surface area contributed by atoms with Crippen molar-refractivity contribution >= 4 is 10.0 Å². The Bertz CT molecular complexity index is 823. The molecular formula is C19H29N3O2S. The molecule has 2 aromatic rings. The van der Waals surface area contributed by atoms with Gasteiger partial charge in [-0.25, -0.2) is 8.42 Å². The van der Waals surface area contributed by atoms with Crippen LogP contribution in [0.3, 0.4) is 0 Å². The number of aryl methyl sites for hydroxylation is 2. The van der Waals surface area contributed by atoms with Gasteiger partial charge in [0.15, 0.2) is 0 Å². The predicted molar refractivity (Wildman–Crippen MR) is 101 cm³/mol. The molecule has 6 heteroatoms. The van der Waals surface area contributed by atoms with Gasteiger partial charge in [-0.15, -0.1) is 0 Å². The van der Waals surface area contributed by atoms with Crippen molar-refractivity contribution in [2.45, 2.75) is 64.9 Å². The van der Waals surface area contributed by atoms with Crippen LogP contribution in [-0.4, -0.2) is 29.6 Å².